The molecule has 0 aromatic heterocycles. The summed E-state index contributed by atoms with van der Waals surface area (Å²) in [6, 6.07) is -2.19. The number of aliphatic hydroxyl groups excluding tert-OH is 6. The average Bonchev–Trinajstić information content (AvgIpc) is 2.76. The standard InChI is InChI=1S/C18H36N4O10/c19-3-8-12(25)13(26)14(27)18(30-8)32-17-7(22)1-6(21)16(15(17)28)31-10-2-5(20)11(24)9(4-23)29-10/h5-18,23-28H,1-4,19-22H2/t5-,6-,7+,8-,9-,10+,11-,12-,13-,14+,15-,16-,17+,18+/m0/s1. The van der Waals surface area contributed by atoms with Crippen molar-refractivity contribution in [3.63, 3.8) is 0 Å². The topological polar surface area (TPSA) is 262 Å². The lowest BCUT2D eigenvalue weighted by Gasteiger charge is -2.47. The second kappa shape index (κ2) is 10.8. The zero-order valence-electron chi connectivity index (χ0n) is 17.5. The van der Waals surface area contributed by atoms with Gasteiger partial charge in [-0.15, -0.1) is 0 Å². The molecule has 0 bridgehead atoms. The van der Waals surface area contributed by atoms with Crippen LogP contribution in [0.2, 0.25) is 0 Å². The number of nitrogens with two attached hydrogens (primary N) is 4. The van der Waals surface area contributed by atoms with Crippen LogP contribution in [0.5, 0.6) is 0 Å². The molecule has 14 atom stereocenters. The molecule has 14 heteroatoms. The molecule has 3 aliphatic rings. The molecule has 14 nitrogen and oxygen atoms in total. The summed E-state index contributed by atoms with van der Waals surface area (Å²) in [5.41, 5.74) is 23.7. The smallest absolute Gasteiger partial charge is 0.187 e. The lowest BCUT2D eigenvalue weighted by atomic mass is 9.84. The highest BCUT2D eigenvalue weighted by atomic mass is 16.7. The maximum absolute atomic E-state index is 10.9. The zero-order chi connectivity index (χ0) is 23.7. The molecule has 0 unspecified atom stereocenters. The Morgan fingerprint density at radius 1 is 0.688 bits per heavy atom. The molecule has 188 valence electrons. The highest BCUT2D eigenvalue weighted by Crippen LogP contribution is 2.31. The normalized spacial score (nSPS) is 52.7. The Kier molecular flexibility index (Phi) is 8.79. The average molecular weight is 469 g/mol. The van der Waals surface area contributed by atoms with E-state index in [9.17, 15) is 30.6 Å². The summed E-state index contributed by atoms with van der Waals surface area (Å²) in [6.07, 6.45) is -13.3. The van der Waals surface area contributed by atoms with E-state index in [0.717, 1.165) is 0 Å². The fourth-order valence-corrected chi connectivity index (χ4v) is 4.40. The van der Waals surface area contributed by atoms with Gasteiger partial charge >= 0.3 is 0 Å². The van der Waals surface area contributed by atoms with E-state index >= 15 is 0 Å². The Morgan fingerprint density at radius 3 is 1.91 bits per heavy atom. The van der Waals surface area contributed by atoms with E-state index in [4.69, 9.17) is 41.9 Å². The quantitative estimate of drug-likeness (QED) is 0.174. The SMILES string of the molecule is NC[C@@H]1O[C@H](O[C@H]2[C@@H](O)[C@@H](O[C@@H]3C[C@H](N)[C@H](O)[C@H](CO)O3)[C@@H](N)C[C@H]2N)[C@H](O)[C@@H](O)[C@H]1O. The highest BCUT2D eigenvalue weighted by molar-refractivity contribution is 5.00. The number of aliphatic hydroxyl groups is 6. The highest BCUT2D eigenvalue weighted by Gasteiger charge is 2.50. The third kappa shape index (κ3) is 5.24. The van der Waals surface area contributed by atoms with Crippen LogP contribution in [0.15, 0.2) is 0 Å². The summed E-state index contributed by atoms with van der Waals surface area (Å²) in [6.45, 7) is -0.615. The van der Waals surface area contributed by atoms with E-state index in [1.54, 1.807) is 0 Å². The number of hydrogen-bond acceptors (Lipinski definition) is 14. The molecule has 1 aliphatic carbocycles. The fraction of sp³-hybridized carbons (Fsp3) is 1.00. The third-order valence-corrected chi connectivity index (χ3v) is 6.35. The van der Waals surface area contributed by atoms with Gasteiger partial charge < -0.3 is 72.5 Å². The van der Waals surface area contributed by atoms with Crippen molar-refractivity contribution in [3.05, 3.63) is 0 Å². The summed E-state index contributed by atoms with van der Waals surface area (Å²) in [7, 11) is 0. The molecule has 0 spiro atoms. The van der Waals surface area contributed by atoms with Gasteiger partial charge in [0.25, 0.3) is 0 Å². The molecule has 32 heavy (non-hydrogen) atoms. The minimum atomic E-state index is -1.62. The van der Waals surface area contributed by atoms with Gasteiger partial charge in [-0.05, 0) is 6.42 Å². The first kappa shape index (κ1) is 26.1. The number of ether oxygens (including phenoxy) is 4. The number of rotatable bonds is 6. The van der Waals surface area contributed by atoms with Crippen LogP contribution < -0.4 is 22.9 Å². The molecule has 0 amide bonds. The maximum Gasteiger partial charge on any atom is 0.187 e. The van der Waals surface area contributed by atoms with Crippen molar-refractivity contribution in [1.29, 1.82) is 0 Å². The van der Waals surface area contributed by atoms with Crippen molar-refractivity contribution in [2.75, 3.05) is 13.2 Å². The van der Waals surface area contributed by atoms with E-state index < -0.39 is 92.2 Å². The zero-order valence-corrected chi connectivity index (χ0v) is 17.5. The first-order valence-electron chi connectivity index (χ1n) is 10.7. The van der Waals surface area contributed by atoms with Crippen molar-refractivity contribution >= 4 is 0 Å². The van der Waals surface area contributed by atoms with Gasteiger partial charge in [0.1, 0.15) is 48.8 Å². The molecular weight excluding hydrogens is 432 g/mol. The molecule has 3 fully saturated rings. The third-order valence-electron chi connectivity index (χ3n) is 6.35. The van der Waals surface area contributed by atoms with Gasteiger partial charge in [0.2, 0.25) is 0 Å². The monoisotopic (exact) mass is 468 g/mol. The lowest BCUT2D eigenvalue weighted by Crippen LogP contribution is -2.67. The lowest BCUT2D eigenvalue weighted by molar-refractivity contribution is -0.325. The number of hydrogen-bond donors (Lipinski definition) is 10. The van der Waals surface area contributed by atoms with Crippen LogP contribution in [0.3, 0.4) is 0 Å². The van der Waals surface area contributed by atoms with Gasteiger partial charge in [0, 0.05) is 31.1 Å². The summed E-state index contributed by atoms with van der Waals surface area (Å²) < 4.78 is 22.5. The predicted octanol–water partition coefficient (Wildman–Crippen LogP) is -6.26. The van der Waals surface area contributed by atoms with E-state index in [1.165, 1.54) is 0 Å². The molecule has 2 saturated heterocycles. The van der Waals surface area contributed by atoms with Crippen molar-refractivity contribution in [2.24, 2.45) is 22.9 Å². The van der Waals surface area contributed by atoms with E-state index in [2.05, 4.69) is 0 Å². The van der Waals surface area contributed by atoms with Crippen molar-refractivity contribution in [1.82, 2.24) is 0 Å². The van der Waals surface area contributed by atoms with Crippen LogP contribution in [0.25, 0.3) is 0 Å². The largest absolute Gasteiger partial charge is 0.394 e. The maximum atomic E-state index is 10.9. The van der Waals surface area contributed by atoms with Crippen LogP contribution in [-0.2, 0) is 18.9 Å². The Bertz CT molecular complexity index is 606. The predicted molar refractivity (Wildman–Crippen MR) is 106 cm³/mol. The van der Waals surface area contributed by atoms with Gasteiger partial charge in [-0.3, -0.25) is 0 Å². The molecule has 14 N–H and O–H groups in total. The van der Waals surface area contributed by atoms with E-state index in [0.29, 0.717) is 0 Å². The molecule has 3 rings (SSSR count). The molecular formula is C18H36N4O10. The fourth-order valence-electron chi connectivity index (χ4n) is 4.40. The van der Waals surface area contributed by atoms with Gasteiger partial charge in [-0.1, -0.05) is 0 Å². The Balaban J connectivity index is 1.69. The van der Waals surface area contributed by atoms with Crippen LogP contribution >= 0.6 is 0 Å². The Morgan fingerprint density at radius 2 is 1.31 bits per heavy atom. The van der Waals surface area contributed by atoms with Crippen molar-refractivity contribution < 1.29 is 49.6 Å². The molecule has 2 aliphatic heterocycles. The van der Waals surface area contributed by atoms with E-state index in [-0.39, 0.29) is 19.4 Å². The van der Waals surface area contributed by atoms with Crippen LogP contribution in [0, 0.1) is 0 Å². The van der Waals surface area contributed by atoms with Gasteiger partial charge in [0.15, 0.2) is 12.6 Å². The molecule has 0 aromatic carbocycles. The van der Waals surface area contributed by atoms with Gasteiger partial charge in [0.05, 0.1) is 12.7 Å². The molecule has 1 saturated carbocycles. The molecule has 2 heterocycles. The minimum absolute atomic E-state index is 0.0951. The van der Waals surface area contributed by atoms with E-state index in [1.807, 2.05) is 0 Å². The Hall–Kier alpha value is -0.560. The Labute approximate surface area is 185 Å². The van der Waals surface area contributed by atoms with Crippen LogP contribution in [-0.4, -0.2) is 129 Å². The molecule has 0 radical (unpaired) electrons. The van der Waals surface area contributed by atoms with Crippen molar-refractivity contribution in [2.45, 2.75) is 98.5 Å². The van der Waals surface area contributed by atoms with Crippen LogP contribution in [0.4, 0.5) is 0 Å². The first-order chi connectivity index (χ1) is 15.1. The van der Waals surface area contributed by atoms with Gasteiger partial charge in [-0.2, -0.15) is 0 Å². The van der Waals surface area contributed by atoms with Crippen LogP contribution in [0.1, 0.15) is 12.8 Å². The van der Waals surface area contributed by atoms with Gasteiger partial charge in [-0.25, -0.2) is 0 Å². The summed E-state index contributed by atoms with van der Waals surface area (Å²) in [4.78, 5) is 0. The van der Waals surface area contributed by atoms with Crippen molar-refractivity contribution in [3.8, 4) is 0 Å². The second-order valence-electron chi connectivity index (χ2n) is 8.68. The summed E-state index contributed by atoms with van der Waals surface area (Å²) in [5, 5.41) is 60.5. The molecule has 0 aromatic rings. The second-order valence-corrected chi connectivity index (χ2v) is 8.68. The summed E-state index contributed by atoms with van der Waals surface area (Å²) in [5.74, 6) is 0. The summed E-state index contributed by atoms with van der Waals surface area (Å²) >= 11 is 0. The first-order valence-corrected chi connectivity index (χ1v) is 10.7. The minimum Gasteiger partial charge on any atom is -0.394 e.